The quantitative estimate of drug-likeness (QED) is 0.718. The van der Waals surface area contributed by atoms with Crippen LogP contribution in [-0.4, -0.2) is 62.1 Å². The van der Waals surface area contributed by atoms with Gasteiger partial charge in [-0.25, -0.2) is 9.31 Å². The highest BCUT2D eigenvalue weighted by atomic mass is 79.9. The van der Waals surface area contributed by atoms with E-state index in [2.05, 4.69) is 21.0 Å². The van der Waals surface area contributed by atoms with Gasteiger partial charge in [-0.15, -0.1) is 5.10 Å². The van der Waals surface area contributed by atoms with Crippen molar-refractivity contribution >= 4 is 33.5 Å². The lowest BCUT2D eigenvalue weighted by Gasteiger charge is -2.26. The molecule has 11 heteroatoms. The van der Waals surface area contributed by atoms with Gasteiger partial charge in [0.2, 0.25) is 0 Å². The van der Waals surface area contributed by atoms with Crippen LogP contribution in [0.15, 0.2) is 21.5 Å². The Kier molecular flexibility index (Phi) is 6.14. The van der Waals surface area contributed by atoms with Crippen LogP contribution < -0.4 is 10.3 Å². The van der Waals surface area contributed by atoms with E-state index in [0.717, 1.165) is 4.90 Å². The van der Waals surface area contributed by atoms with Crippen molar-refractivity contribution in [1.82, 2.24) is 19.1 Å². The molecule has 0 aliphatic heterocycles. The summed E-state index contributed by atoms with van der Waals surface area (Å²) in [6.07, 6.45) is 0.831. The number of nitrogens with zero attached hydrogens (tertiary/aromatic N) is 4. The first-order valence-electron chi connectivity index (χ1n) is 8.04. The highest BCUT2D eigenvalue weighted by Gasteiger charge is 2.24. The Labute approximate surface area is 163 Å². The fraction of sp³-hybridized carbons (Fsp3) is 0.500. The van der Waals surface area contributed by atoms with Crippen LogP contribution in [0, 0.1) is 0 Å². The summed E-state index contributed by atoms with van der Waals surface area (Å²) >= 11 is 3.28. The molecule has 0 bridgehead atoms. The first-order chi connectivity index (χ1) is 12.5. The van der Waals surface area contributed by atoms with Crippen molar-refractivity contribution in [2.24, 2.45) is 0 Å². The monoisotopic (exact) mass is 444 g/mol. The molecule has 2 aromatic rings. The molecule has 2 rings (SSSR count). The van der Waals surface area contributed by atoms with Crippen molar-refractivity contribution in [1.29, 1.82) is 0 Å². The van der Waals surface area contributed by atoms with E-state index in [4.69, 9.17) is 14.6 Å². The summed E-state index contributed by atoms with van der Waals surface area (Å²) in [5.41, 5.74) is -0.849. The van der Waals surface area contributed by atoms with E-state index in [1.165, 1.54) is 16.2 Å². The number of carboxylic acid groups (broad SMARTS) is 1. The van der Waals surface area contributed by atoms with Gasteiger partial charge in [-0.2, -0.15) is 0 Å². The predicted octanol–water partition coefficient (Wildman–Crippen LogP) is 1.59. The summed E-state index contributed by atoms with van der Waals surface area (Å²) in [4.78, 5) is 37.1. The average molecular weight is 445 g/mol. The topological polar surface area (TPSA) is 115 Å². The van der Waals surface area contributed by atoms with E-state index in [1.54, 1.807) is 33.0 Å². The Balaban J connectivity index is 2.30. The van der Waals surface area contributed by atoms with Crippen molar-refractivity contribution in [3.8, 4) is 6.01 Å². The van der Waals surface area contributed by atoms with Gasteiger partial charge in [0.1, 0.15) is 17.7 Å². The number of fused-ring (bicyclic) bond motifs is 1. The molecular formula is C16H21BrN4O6. The minimum atomic E-state index is -1.19. The van der Waals surface area contributed by atoms with Crippen LogP contribution in [0.4, 0.5) is 4.79 Å². The molecule has 27 heavy (non-hydrogen) atoms. The molecule has 0 radical (unpaired) electrons. The van der Waals surface area contributed by atoms with Gasteiger partial charge < -0.3 is 14.6 Å². The Morgan fingerprint density at radius 1 is 1.37 bits per heavy atom. The number of methoxy groups -OCH3 is 1. The molecule has 10 nitrogen and oxygen atoms in total. The maximum absolute atomic E-state index is 12.7. The van der Waals surface area contributed by atoms with Crippen LogP contribution in [0.25, 0.3) is 5.52 Å². The average Bonchev–Trinajstić information content (AvgIpc) is 2.91. The molecule has 1 N–H and O–H groups in total. The molecule has 2 heterocycles. The molecule has 1 amide bonds. The zero-order valence-electron chi connectivity index (χ0n) is 15.4. The number of rotatable bonds is 6. The fourth-order valence-electron chi connectivity index (χ4n) is 2.33. The summed E-state index contributed by atoms with van der Waals surface area (Å²) < 4.78 is 13.7. The van der Waals surface area contributed by atoms with E-state index in [1.807, 2.05) is 0 Å². The standard InChI is InChI=1S/C16H21BrN4O6/c1-16(2,3)27-15(25)19(9-12(22)23)5-6-20-13(24)11-7-10(17)8-21(11)18-14(20)26-4/h7-8H,5-6,9H2,1-4H3,(H,22,23). The molecule has 148 valence electrons. The molecule has 0 spiro atoms. The number of carbonyl (C=O) groups is 2. The first kappa shape index (κ1) is 20.7. The van der Waals surface area contributed by atoms with Crippen molar-refractivity contribution in [2.45, 2.75) is 32.9 Å². The SMILES string of the molecule is COc1nn2cc(Br)cc2c(=O)n1CCN(CC(=O)O)C(=O)OC(C)(C)C. The Morgan fingerprint density at radius 3 is 2.59 bits per heavy atom. The summed E-state index contributed by atoms with van der Waals surface area (Å²) in [5, 5.41) is 13.3. The highest BCUT2D eigenvalue weighted by Crippen LogP contribution is 2.15. The number of hydrogen-bond donors (Lipinski definition) is 1. The van der Waals surface area contributed by atoms with E-state index >= 15 is 0 Å². The first-order valence-corrected chi connectivity index (χ1v) is 8.83. The van der Waals surface area contributed by atoms with Gasteiger partial charge in [-0.05, 0) is 42.8 Å². The molecular weight excluding hydrogens is 424 g/mol. The minimum absolute atomic E-state index is 0.0131. The van der Waals surface area contributed by atoms with Crippen LogP contribution in [0.3, 0.4) is 0 Å². The molecule has 0 aliphatic rings. The van der Waals surface area contributed by atoms with E-state index in [0.29, 0.717) is 9.99 Å². The summed E-state index contributed by atoms with van der Waals surface area (Å²) in [6, 6.07) is 1.64. The molecule has 0 unspecified atom stereocenters. The minimum Gasteiger partial charge on any atom is -0.480 e. The summed E-state index contributed by atoms with van der Waals surface area (Å²) in [5.74, 6) is -1.19. The third-order valence-electron chi connectivity index (χ3n) is 3.41. The Morgan fingerprint density at radius 2 is 2.04 bits per heavy atom. The smallest absolute Gasteiger partial charge is 0.410 e. The fourth-order valence-corrected chi connectivity index (χ4v) is 2.74. The van der Waals surface area contributed by atoms with Crippen LogP contribution >= 0.6 is 15.9 Å². The van der Waals surface area contributed by atoms with E-state index < -0.39 is 24.2 Å². The number of carboxylic acids is 1. The summed E-state index contributed by atoms with van der Waals surface area (Å²) in [7, 11) is 1.37. The van der Waals surface area contributed by atoms with Gasteiger partial charge in [0, 0.05) is 23.8 Å². The zero-order chi connectivity index (χ0) is 20.4. The molecule has 0 aromatic carbocycles. The Hall–Kier alpha value is -2.56. The van der Waals surface area contributed by atoms with E-state index in [-0.39, 0.29) is 24.7 Å². The van der Waals surface area contributed by atoms with Crippen molar-refractivity contribution in [2.75, 3.05) is 20.2 Å². The lowest BCUT2D eigenvalue weighted by Crippen LogP contribution is -2.42. The van der Waals surface area contributed by atoms with Crippen molar-refractivity contribution < 1.29 is 24.2 Å². The van der Waals surface area contributed by atoms with Gasteiger partial charge >= 0.3 is 18.1 Å². The van der Waals surface area contributed by atoms with E-state index in [9.17, 15) is 14.4 Å². The van der Waals surface area contributed by atoms with Crippen molar-refractivity contribution in [3.63, 3.8) is 0 Å². The maximum atomic E-state index is 12.7. The number of halogens is 1. The number of aliphatic carboxylic acids is 1. The molecule has 0 fully saturated rings. The number of amides is 1. The number of hydrogen-bond acceptors (Lipinski definition) is 6. The predicted molar refractivity (Wildman–Crippen MR) is 99.1 cm³/mol. The van der Waals surface area contributed by atoms with Crippen molar-refractivity contribution in [3.05, 3.63) is 27.1 Å². The number of aromatic nitrogens is 3. The second kappa shape index (κ2) is 7.99. The normalized spacial score (nSPS) is 11.4. The van der Waals surface area contributed by atoms with Gasteiger partial charge in [0.25, 0.3) is 5.56 Å². The van der Waals surface area contributed by atoms with Crippen LogP contribution in [0.2, 0.25) is 0 Å². The molecule has 2 aromatic heterocycles. The highest BCUT2D eigenvalue weighted by molar-refractivity contribution is 9.10. The number of carbonyl (C=O) groups excluding carboxylic acids is 1. The van der Waals surface area contributed by atoms with Gasteiger partial charge in [0.05, 0.1) is 7.11 Å². The van der Waals surface area contributed by atoms with Crippen LogP contribution in [-0.2, 0) is 16.1 Å². The van der Waals surface area contributed by atoms with Crippen LogP contribution in [0.1, 0.15) is 20.8 Å². The maximum Gasteiger partial charge on any atom is 0.410 e. The molecule has 0 saturated heterocycles. The zero-order valence-corrected chi connectivity index (χ0v) is 17.0. The third-order valence-corrected chi connectivity index (χ3v) is 3.84. The molecule has 0 saturated carbocycles. The molecule has 0 aliphatic carbocycles. The lowest BCUT2D eigenvalue weighted by atomic mass is 10.2. The van der Waals surface area contributed by atoms with Gasteiger partial charge in [-0.1, -0.05) is 0 Å². The summed E-state index contributed by atoms with van der Waals surface area (Å²) in [6.45, 7) is 4.40. The van der Waals surface area contributed by atoms with Gasteiger partial charge in [0.15, 0.2) is 0 Å². The third kappa shape index (κ3) is 5.22. The number of ether oxygens (including phenoxy) is 2. The second-order valence-electron chi connectivity index (χ2n) is 6.73. The largest absolute Gasteiger partial charge is 0.480 e. The Bertz CT molecular complexity index is 914. The van der Waals surface area contributed by atoms with Gasteiger partial charge in [-0.3, -0.25) is 19.1 Å². The second-order valence-corrected chi connectivity index (χ2v) is 7.64. The molecule has 0 atom stereocenters. The lowest BCUT2D eigenvalue weighted by molar-refractivity contribution is -0.138. The van der Waals surface area contributed by atoms with Crippen LogP contribution in [0.5, 0.6) is 6.01 Å².